The maximum absolute atomic E-state index is 13.1. The average Bonchev–Trinajstić information content (AvgIpc) is 3.03. The molecule has 2 unspecified atom stereocenters. The first-order valence-corrected chi connectivity index (χ1v) is 11.5. The summed E-state index contributed by atoms with van der Waals surface area (Å²) < 4.78 is 11.0. The quantitative estimate of drug-likeness (QED) is 0.181. The van der Waals surface area contributed by atoms with E-state index in [1.54, 1.807) is 19.1 Å². The molecule has 1 aliphatic carbocycles. The third-order valence-electron chi connectivity index (χ3n) is 6.39. The number of carbonyl (C=O) groups is 3. The predicted molar refractivity (Wildman–Crippen MR) is 126 cm³/mol. The SMILES string of the molecule is CCC(C)/C=C(C)/C=C/C(O)=C/C(=O)[C@H]1C(=O)O[C@@]2(C)C(=O)C=C3C=C(CC(C)O)OC=C3[C@@H]12. The Morgan fingerprint density at radius 2 is 1.94 bits per heavy atom. The molecule has 0 bridgehead atoms. The molecule has 0 spiro atoms. The second-order valence-electron chi connectivity index (χ2n) is 9.40. The van der Waals surface area contributed by atoms with Crippen LogP contribution in [0.25, 0.3) is 0 Å². The number of hydrogen-bond acceptors (Lipinski definition) is 7. The number of aliphatic hydroxyl groups excluding tert-OH is 2. The van der Waals surface area contributed by atoms with Crippen molar-refractivity contribution in [1.29, 1.82) is 0 Å². The number of hydrogen-bond donors (Lipinski definition) is 2. The van der Waals surface area contributed by atoms with Gasteiger partial charge in [0.15, 0.2) is 17.2 Å². The molecule has 34 heavy (non-hydrogen) atoms. The van der Waals surface area contributed by atoms with E-state index in [1.807, 2.05) is 6.92 Å². The minimum atomic E-state index is -1.54. The van der Waals surface area contributed by atoms with Crippen molar-refractivity contribution < 1.29 is 34.1 Å². The summed E-state index contributed by atoms with van der Waals surface area (Å²) in [6.07, 6.45) is 11.2. The van der Waals surface area contributed by atoms with Crippen LogP contribution in [0.5, 0.6) is 0 Å². The first-order chi connectivity index (χ1) is 16.0. The van der Waals surface area contributed by atoms with E-state index in [9.17, 15) is 24.6 Å². The molecule has 7 heteroatoms. The summed E-state index contributed by atoms with van der Waals surface area (Å²) in [4.78, 5) is 38.7. The molecule has 3 rings (SSSR count). The van der Waals surface area contributed by atoms with Crippen LogP contribution in [0.1, 0.15) is 47.5 Å². The average molecular weight is 469 g/mol. The number of carbonyl (C=O) groups excluding carboxylic acids is 3. The first kappa shape index (κ1) is 25.4. The molecule has 2 aliphatic heterocycles. The van der Waals surface area contributed by atoms with Gasteiger partial charge in [0.2, 0.25) is 0 Å². The summed E-state index contributed by atoms with van der Waals surface area (Å²) in [5.74, 6) is -3.54. The Balaban J connectivity index is 1.88. The van der Waals surface area contributed by atoms with Crippen molar-refractivity contribution in [2.45, 2.75) is 59.2 Å². The van der Waals surface area contributed by atoms with Crippen LogP contribution in [0.4, 0.5) is 0 Å². The summed E-state index contributed by atoms with van der Waals surface area (Å²) >= 11 is 0. The second-order valence-corrected chi connectivity index (χ2v) is 9.40. The third kappa shape index (κ3) is 5.14. The lowest BCUT2D eigenvalue weighted by molar-refractivity contribution is -0.156. The Labute approximate surface area is 199 Å². The molecule has 7 nitrogen and oxygen atoms in total. The van der Waals surface area contributed by atoms with Crippen LogP contribution in [-0.2, 0) is 23.9 Å². The van der Waals surface area contributed by atoms with Gasteiger partial charge in [-0.3, -0.25) is 14.4 Å². The molecule has 0 radical (unpaired) electrons. The van der Waals surface area contributed by atoms with E-state index < -0.39 is 41.1 Å². The summed E-state index contributed by atoms with van der Waals surface area (Å²) in [7, 11) is 0. The highest BCUT2D eigenvalue weighted by atomic mass is 16.6. The van der Waals surface area contributed by atoms with E-state index in [1.165, 1.54) is 25.3 Å². The van der Waals surface area contributed by atoms with E-state index in [0.717, 1.165) is 18.1 Å². The van der Waals surface area contributed by atoms with Crippen molar-refractivity contribution in [1.82, 2.24) is 0 Å². The van der Waals surface area contributed by atoms with E-state index in [-0.39, 0.29) is 12.2 Å². The summed E-state index contributed by atoms with van der Waals surface area (Å²) in [6.45, 7) is 9.16. The van der Waals surface area contributed by atoms with Gasteiger partial charge < -0.3 is 19.7 Å². The molecule has 5 atom stereocenters. The highest BCUT2D eigenvalue weighted by molar-refractivity contribution is 6.12. The molecule has 0 aromatic carbocycles. The Kier molecular flexibility index (Phi) is 7.46. The fraction of sp³-hybridized carbons (Fsp3) is 0.444. The zero-order valence-electron chi connectivity index (χ0n) is 20.2. The van der Waals surface area contributed by atoms with Crippen LogP contribution in [-0.4, -0.2) is 39.5 Å². The van der Waals surface area contributed by atoms with Crippen LogP contribution in [0.2, 0.25) is 0 Å². The van der Waals surface area contributed by atoms with Crippen molar-refractivity contribution in [2.75, 3.05) is 0 Å². The Hall–Kier alpha value is -3.19. The van der Waals surface area contributed by atoms with Gasteiger partial charge in [-0.05, 0) is 50.5 Å². The molecule has 0 aromatic rings. The van der Waals surface area contributed by atoms with Crippen molar-refractivity contribution in [2.24, 2.45) is 17.8 Å². The predicted octanol–water partition coefficient (Wildman–Crippen LogP) is 4.17. The standard InChI is InChI=1S/C27H32O7/c1-6-15(2)9-16(3)7-8-19(29)13-22(30)24-25-21-14-33-20(10-17(4)28)11-18(21)12-23(31)27(25,5)34-26(24)32/h7-9,11-15,17,24-25,28-29H,6,10H2,1-5H3/b8-7+,16-9+,19-13-/t15?,17?,24-,25+,27+/m1/s1. The van der Waals surface area contributed by atoms with Gasteiger partial charge in [0.05, 0.1) is 18.3 Å². The number of rotatable bonds is 8. The van der Waals surface area contributed by atoms with E-state index in [0.29, 0.717) is 22.8 Å². The largest absolute Gasteiger partial charge is 0.508 e. The monoisotopic (exact) mass is 468 g/mol. The number of aliphatic hydroxyl groups is 2. The molecule has 1 fully saturated rings. The van der Waals surface area contributed by atoms with Crippen molar-refractivity contribution in [3.05, 3.63) is 71.0 Å². The molecular weight excluding hydrogens is 436 g/mol. The topological polar surface area (TPSA) is 110 Å². The van der Waals surface area contributed by atoms with Gasteiger partial charge in [-0.1, -0.05) is 38.0 Å². The maximum Gasteiger partial charge on any atom is 0.318 e. The summed E-state index contributed by atoms with van der Waals surface area (Å²) in [6, 6.07) is 0. The van der Waals surface area contributed by atoms with E-state index in [2.05, 4.69) is 19.9 Å². The lowest BCUT2D eigenvalue weighted by Gasteiger charge is -2.35. The van der Waals surface area contributed by atoms with Gasteiger partial charge in [-0.2, -0.15) is 0 Å². The highest BCUT2D eigenvalue weighted by Crippen LogP contribution is 2.49. The minimum Gasteiger partial charge on any atom is -0.508 e. The van der Waals surface area contributed by atoms with E-state index >= 15 is 0 Å². The molecule has 2 N–H and O–H groups in total. The number of ether oxygens (including phenoxy) is 2. The molecule has 0 saturated carbocycles. The zero-order valence-corrected chi connectivity index (χ0v) is 20.2. The maximum atomic E-state index is 13.1. The summed E-state index contributed by atoms with van der Waals surface area (Å²) in [5, 5.41) is 19.9. The zero-order chi connectivity index (χ0) is 25.2. The Morgan fingerprint density at radius 1 is 1.24 bits per heavy atom. The van der Waals surface area contributed by atoms with Crippen LogP contribution in [0.3, 0.4) is 0 Å². The van der Waals surface area contributed by atoms with E-state index in [4.69, 9.17) is 9.47 Å². The van der Waals surface area contributed by atoms with Gasteiger partial charge in [0.25, 0.3) is 0 Å². The number of ketones is 2. The second kappa shape index (κ2) is 9.97. The number of esters is 1. The molecule has 2 heterocycles. The Bertz CT molecular complexity index is 1070. The number of fused-ring (bicyclic) bond motifs is 3. The fourth-order valence-electron chi connectivity index (χ4n) is 4.43. The van der Waals surface area contributed by atoms with Gasteiger partial charge in [0.1, 0.15) is 17.4 Å². The van der Waals surface area contributed by atoms with Crippen LogP contribution >= 0.6 is 0 Å². The van der Waals surface area contributed by atoms with Gasteiger partial charge in [0, 0.05) is 18.1 Å². The summed E-state index contributed by atoms with van der Waals surface area (Å²) in [5.41, 5.74) is 0.410. The van der Waals surface area contributed by atoms with Crippen LogP contribution in [0, 0.1) is 17.8 Å². The third-order valence-corrected chi connectivity index (χ3v) is 6.39. The molecule has 182 valence electrons. The normalized spacial score (nSPS) is 28.8. The minimum absolute atomic E-state index is 0.253. The molecular formula is C27H32O7. The van der Waals surface area contributed by atoms with Gasteiger partial charge >= 0.3 is 5.97 Å². The van der Waals surface area contributed by atoms with Gasteiger partial charge in [-0.25, -0.2) is 0 Å². The fourth-order valence-corrected chi connectivity index (χ4v) is 4.43. The van der Waals surface area contributed by atoms with Crippen molar-refractivity contribution in [3.8, 4) is 0 Å². The van der Waals surface area contributed by atoms with Gasteiger partial charge in [-0.15, -0.1) is 0 Å². The van der Waals surface area contributed by atoms with Crippen molar-refractivity contribution in [3.63, 3.8) is 0 Å². The number of allylic oxidation sites excluding steroid dienone is 7. The first-order valence-electron chi connectivity index (χ1n) is 11.5. The van der Waals surface area contributed by atoms with Crippen LogP contribution < -0.4 is 0 Å². The lowest BCUT2D eigenvalue weighted by atomic mass is 9.67. The lowest BCUT2D eigenvalue weighted by Crippen LogP contribution is -2.46. The molecule has 3 aliphatic rings. The smallest absolute Gasteiger partial charge is 0.318 e. The molecule has 0 aromatic heterocycles. The van der Waals surface area contributed by atoms with Crippen LogP contribution in [0.15, 0.2) is 71.0 Å². The Morgan fingerprint density at radius 3 is 2.59 bits per heavy atom. The molecule has 0 amide bonds. The highest BCUT2D eigenvalue weighted by Gasteiger charge is 2.62. The molecule has 1 saturated heterocycles. The van der Waals surface area contributed by atoms with Crippen molar-refractivity contribution >= 4 is 17.5 Å².